The van der Waals surface area contributed by atoms with Crippen molar-refractivity contribution in [3.05, 3.63) is 134 Å². The number of nitrogens with zero attached hydrogens (tertiary/aromatic N) is 10. The molecule has 0 saturated heterocycles. The molecule has 4 aromatic carbocycles. The highest BCUT2D eigenvalue weighted by Crippen LogP contribution is 2.30. The van der Waals surface area contributed by atoms with Gasteiger partial charge in [-0.25, -0.2) is 19.6 Å². The fraction of sp³-hybridized carbons (Fsp3) is 0.184. The van der Waals surface area contributed by atoms with Gasteiger partial charge in [-0.2, -0.15) is 38.3 Å². The Morgan fingerprint density at radius 1 is 0.622 bits per heavy atom. The number of aromatic amines is 2. The molecule has 0 unspecified atom stereocenters. The number of rotatable bonds is 9. The number of hydrogen-bond acceptors (Lipinski definition) is 19. The predicted molar refractivity (Wildman–Crippen MR) is 286 cm³/mol. The molecule has 0 radical (unpaired) electrons. The number of nitrogens with one attached hydrogen (secondary N) is 5. The molecule has 22 nitrogen and oxygen atoms in total. The molecule has 0 aliphatic rings. The van der Waals surface area contributed by atoms with E-state index in [1.807, 2.05) is 108 Å². The second kappa shape index (κ2) is 22.7. The minimum Gasteiger partial charge on any atom is -0.442 e. The Hall–Kier alpha value is -8.87. The maximum absolute atomic E-state index is 12.4. The first-order valence-corrected chi connectivity index (χ1v) is 23.8. The number of carbonyl (C=O) groups excluding carboxylic acids is 4. The quantitative estimate of drug-likeness (QED) is 0.0578. The summed E-state index contributed by atoms with van der Waals surface area (Å²) in [5, 5.41) is 19.9. The molecule has 0 aliphatic carbocycles. The summed E-state index contributed by atoms with van der Waals surface area (Å²) in [6, 6.07) is 25.8. The van der Waals surface area contributed by atoms with E-state index < -0.39 is 28.6 Å². The van der Waals surface area contributed by atoms with E-state index in [2.05, 4.69) is 64.8 Å². The van der Waals surface area contributed by atoms with Gasteiger partial charge in [0.2, 0.25) is 10.3 Å². The highest BCUT2D eigenvalue weighted by atomic mass is 35.5. The molecule has 0 saturated carbocycles. The first-order chi connectivity index (χ1) is 34.8. The van der Waals surface area contributed by atoms with Gasteiger partial charge < -0.3 is 41.1 Å². The van der Waals surface area contributed by atoms with E-state index in [9.17, 15) is 19.2 Å². The largest absolute Gasteiger partial charge is 0.442 e. The van der Waals surface area contributed by atoms with Crippen molar-refractivity contribution in [2.45, 2.75) is 60.2 Å². The summed E-state index contributed by atoms with van der Waals surface area (Å²) >= 11 is 7.50. The molecule has 0 aliphatic heterocycles. The summed E-state index contributed by atoms with van der Waals surface area (Å²) in [4.78, 5) is 69.0. The summed E-state index contributed by atoms with van der Waals surface area (Å²) < 4.78 is 22.1. The van der Waals surface area contributed by atoms with Crippen LogP contribution in [0.15, 0.2) is 122 Å². The summed E-state index contributed by atoms with van der Waals surface area (Å²) in [5.74, 6) is 0.853. The number of nitrogens with two attached hydrogens (primary N) is 1. The van der Waals surface area contributed by atoms with Crippen molar-refractivity contribution in [2.75, 3.05) is 21.7 Å². The van der Waals surface area contributed by atoms with Gasteiger partial charge in [0.05, 0.1) is 48.5 Å². The number of carbonyl (C=O) groups is 4. The van der Waals surface area contributed by atoms with Crippen LogP contribution in [0.3, 0.4) is 0 Å². The molecule has 6 aromatic heterocycles. The number of imidazole rings is 2. The van der Waals surface area contributed by atoms with Crippen molar-refractivity contribution >= 4 is 113 Å². The topological polar surface area (TPSA) is 293 Å². The Balaban J connectivity index is 0.000000188. The molecule has 7 N–H and O–H groups in total. The Kier molecular flexibility index (Phi) is 16.2. The molecule has 74 heavy (non-hydrogen) atoms. The van der Waals surface area contributed by atoms with E-state index in [1.54, 1.807) is 30.6 Å². The smallest absolute Gasteiger partial charge is 0.435 e. The molecule has 6 heterocycles. The average molecular weight is 1060 g/mol. The average Bonchev–Trinajstić information content (AvgIpc) is 4.20. The second-order valence-corrected chi connectivity index (χ2v) is 19.4. The molecule has 25 heteroatoms. The predicted octanol–water partition coefficient (Wildman–Crippen LogP) is 11.1. The van der Waals surface area contributed by atoms with E-state index in [1.165, 1.54) is 57.5 Å². The number of fused-ring (bicyclic) bond motifs is 2. The van der Waals surface area contributed by atoms with Crippen molar-refractivity contribution in [1.29, 1.82) is 0 Å². The van der Waals surface area contributed by atoms with Crippen molar-refractivity contribution < 1.29 is 28.7 Å². The fourth-order valence-corrected chi connectivity index (χ4v) is 7.83. The Morgan fingerprint density at radius 2 is 1.11 bits per heavy atom. The van der Waals surface area contributed by atoms with Crippen LogP contribution in [-0.2, 0) is 9.47 Å². The van der Waals surface area contributed by atoms with Crippen LogP contribution in [0, 0.1) is 0 Å². The summed E-state index contributed by atoms with van der Waals surface area (Å²) in [6.45, 7) is 10.9. The van der Waals surface area contributed by atoms with Gasteiger partial charge in [0, 0.05) is 67.7 Å². The highest BCUT2D eigenvalue weighted by molar-refractivity contribution is 7.10. The maximum atomic E-state index is 12.4. The number of H-pyrrole nitrogens is 2. The van der Waals surface area contributed by atoms with Gasteiger partial charge in [-0.1, -0.05) is 31.7 Å². The number of anilines is 6. The molecule has 0 atom stereocenters. The lowest BCUT2D eigenvalue weighted by Gasteiger charge is -2.19. The van der Waals surface area contributed by atoms with Crippen LogP contribution < -0.4 is 21.7 Å². The van der Waals surface area contributed by atoms with Crippen LogP contribution in [0.5, 0.6) is 0 Å². The molecule has 0 bridgehead atoms. The first kappa shape index (κ1) is 52.9. The SMILES string of the molecule is C.CC(C)(C)OC(=O)n1ncc2cc(Nc3nc(-c4cccc(N)c4)ns3)ccc21.CC(C)(C)OC(=O)n1ncc2cc(Nc3nc(-c4cccc(NC(=O)c5cnc[nH]5)c4)ns3)ccc21.O=C(Cl)c1cnc[nH]1. The minimum atomic E-state index is -0.614. The normalized spacial score (nSPS) is 11.1. The van der Waals surface area contributed by atoms with Gasteiger partial charge >= 0.3 is 12.2 Å². The van der Waals surface area contributed by atoms with Crippen LogP contribution in [0.4, 0.5) is 42.6 Å². The molecule has 10 rings (SSSR count). The van der Waals surface area contributed by atoms with E-state index in [-0.39, 0.29) is 13.3 Å². The second-order valence-electron chi connectivity index (χ2n) is 17.6. The lowest BCUT2D eigenvalue weighted by molar-refractivity contribution is 0.0511. The zero-order chi connectivity index (χ0) is 51.9. The maximum Gasteiger partial charge on any atom is 0.435 e. The lowest BCUT2D eigenvalue weighted by atomic mass is 10.2. The minimum absolute atomic E-state index is 0. The number of hydrogen-bond donors (Lipinski definition) is 6. The van der Waals surface area contributed by atoms with Crippen LogP contribution in [-0.4, -0.2) is 92.8 Å². The number of halogens is 1. The molecule has 0 spiro atoms. The van der Waals surface area contributed by atoms with Crippen LogP contribution in [0.25, 0.3) is 44.6 Å². The van der Waals surface area contributed by atoms with Gasteiger partial charge in [0.15, 0.2) is 11.6 Å². The summed E-state index contributed by atoms with van der Waals surface area (Å²) in [5.41, 5.74) is 11.1. The van der Waals surface area contributed by atoms with E-state index in [0.717, 1.165) is 33.3 Å². The number of aromatic nitrogens is 12. The van der Waals surface area contributed by atoms with Gasteiger partial charge in [-0.3, -0.25) is 9.59 Å². The summed E-state index contributed by atoms with van der Waals surface area (Å²) in [6.07, 6.45) is 7.87. The van der Waals surface area contributed by atoms with Gasteiger partial charge in [0.25, 0.3) is 11.1 Å². The zero-order valence-electron chi connectivity index (χ0n) is 39.7. The third-order valence-corrected chi connectivity index (χ3v) is 11.1. The van der Waals surface area contributed by atoms with Crippen molar-refractivity contribution in [3.63, 3.8) is 0 Å². The van der Waals surface area contributed by atoms with Crippen LogP contribution in [0.1, 0.15) is 69.9 Å². The number of benzene rings is 4. The first-order valence-electron chi connectivity index (χ1n) is 21.9. The number of amides is 1. The van der Waals surface area contributed by atoms with Crippen LogP contribution >= 0.6 is 34.7 Å². The lowest BCUT2D eigenvalue weighted by Crippen LogP contribution is -2.27. The van der Waals surface area contributed by atoms with Crippen molar-refractivity contribution in [2.24, 2.45) is 0 Å². The fourth-order valence-electron chi connectivity index (χ4n) is 6.51. The molecular weight excluding hydrogens is 1010 g/mol. The van der Waals surface area contributed by atoms with Crippen molar-refractivity contribution in [1.82, 2.24) is 58.2 Å². The molecule has 1 amide bonds. The van der Waals surface area contributed by atoms with Gasteiger partial charge in [0.1, 0.15) is 22.6 Å². The summed E-state index contributed by atoms with van der Waals surface area (Å²) in [7, 11) is 0. The Morgan fingerprint density at radius 3 is 1.55 bits per heavy atom. The molecule has 380 valence electrons. The van der Waals surface area contributed by atoms with E-state index in [4.69, 9.17) is 26.8 Å². The van der Waals surface area contributed by atoms with Gasteiger partial charge in [-0.05, 0) is 114 Å². The Bertz CT molecular complexity index is 3560. The van der Waals surface area contributed by atoms with Crippen molar-refractivity contribution in [3.8, 4) is 22.8 Å². The van der Waals surface area contributed by atoms with Gasteiger partial charge in [-0.15, -0.1) is 0 Å². The van der Waals surface area contributed by atoms with Crippen LogP contribution in [0.2, 0.25) is 0 Å². The monoisotopic (exact) mass is 1060 g/mol. The standard InChI is InChI=1S/C24H22N8O3S.C20H20N6O2S.C4H3ClN2O.CH4/c1-24(2,3)35-23(34)32-19-8-7-17(10-15(19)11-27-32)29-22-30-20(31-36-22)14-5-4-6-16(9-14)28-21(33)18-12-25-13-26-18;1-20(2,3)28-19(27)26-16-8-7-15(10-13(16)11-22-26)23-18-24-17(25-29-18)12-5-4-6-14(21)9-12;5-4(8)3-1-6-2-7-3;/h4-13H,1-3H3,(H,25,26)(H,28,33)(H,29,30,31);4-11H,21H2,1-3H3,(H,23,24,25);1-2H,(H,6,7);1H4. The van der Waals surface area contributed by atoms with E-state index >= 15 is 0 Å². The molecule has 0 fully saturated rings. The third-order valence-electron chi connectivity index (χ3n) is 9.60. The van der Waals surface area contributed by atoms with E-state index in [0.29, 0.717) is 55.7 Å². The zero-order valence-corrected chi connectivity index (χ0v) is 42.1. The third kappa shape index (κ3) is 13.7. The molecular formula is C49H49ClN16O6S2. The number of ether oxygens (including phenoxy) is 2. The molecule has 10 aromatic rings. The Labute approximate surface area is 436 Å². The highest BCUT2D eigenvalue weighted by Gasteiger charge is 2.22. The number of nitrogen functional groups attached to an aromatic ring is 1.